The van der Waals surface area contributed by atoms with E-state index < -0.39 is 18.2 Å². The molecule has 0 aromatic heterocycles. The summed E-state index contributed by atoms with van der Waals surface area (Å²) < 4.78 is 9.64. The molecule has 0 aliphatic carbocycles. The number of carbonyl (C=O) groups excluding carboxylic acids is 3. The first kappa shape index (κ1) is 13.9. The second-order valence-electron chi connectivity index (χ2n) is 4.16. The molecule has 7 nitrogen and oxygen atoms in total. The summed E-state index contributed by atoms with van der Waals surface area (Å²) in [6, 6.07) is 0. The lowest BCUT2D eigenvalue weighted by molar-refractivity contribution is -0.182. The summed E-state index contributed by atoms with van der Waals surface area (Å²) in [5, 5.41) is -0.472. The van der Waals surface area contributed by atoms with Crippen molar-refractivity contribution < 1.29 is 23.9 Å². The first-order valence-corrected chi connectivity index (χ1v) is 6.66. The van der Waals surface area contributed by atoms with Gasteiger partial charge in [0.05, 0.1) is 17.2 Å². The van der Waals surface area contributed by atoms with Gasteiger partial charge in [-0.3, -0.25) is 14.5 Å². The van der Waals surface area contributed by atoms with Gasteiger partial charge in [-0.25, -0.2) is 4.79 Å². The number of amides is 1. The van der Waals surface area contributed by atoms with Crippen LogP contribution in [0.25, 0.3) is 0 Å². The fraction of sp³-hybridized carbons (Fsp3) is 0.545. The fourth-order valence-corrected chi connectivity index (χ4v) is 3.04. The second-order valence-corrected chi connectivity index (χ2v) is 5.52. The maximum Gasteiger partial charge on any atom is 0.357 e. The molecule has 0 aromatic rings. The van der Waals surface area contributed by atoms with E-state index >= 15 is 0 Å². The van der Waals surface area contributed by atoms with Gasteiger partial charge in [0, 0.05) is 13.8 Å². The zero-order valence-corrected chi connectivity index (χ0v) is 11.3. The van der Waals surface area contributed by atoms with Gasteiger partial charge in [-0.05, 0) is 6.08 Å². The number of hydrogen-bond donors (Lipinski definition) is 1. The Kier molecular flexibility index (Phi) is 3.81. The van der Waals surface area contributed by atoms with Gasteiger partial charge in [0.15, 0.2) is 0 Å². The number of β-lactam (4-membered cyclic amide) rings is 1. The number of nitrogens with zero attached hydrogens (tertiary/aromatic N) is 1. The normalized spacial score (nSPS) is 26.8. The fourth-order valence-electron chi connectivity index (χ4n) is 1.88. The van der Waals surface area contributed by atoms with Crippen LogP contribution in [0.15, 0.2) is 11.8 Å². The Morgan fingerprint density at radius 2 is 2.21 bits per heavy atom. The molecule has 0 spiro atoms. The molecule has 2 unspecified atom stereocenters. The molecular weight excluding hydrogens is 272 g/mol. The van der Waals surface area contributed by atoms with E-state index in [1.807, 2.05) is 0 Å². The number of hydrogen-bond acceptors (Lipinski definition) is 7. The van der Waals surface area contributed by atoms with E-state index in [9.17, 15) is 14.4 Å². The minimum atomic E-state index is -1.01. The third-order valence-electron chi connectivity index (χ3n) is 2.62. The summed E-state index contributed by atoms with van der Waals surface area (Å²) in [7, 11) is 0. The lowest BCUT2D eigenvalue weighted by Gasteiger charge is -2.44. The zero-order valence-electron chi connectivity index (χ0n) is 10.5. The predicted molar refractivity (Wildman–Crippen MR) is 66.2 cm³/mol. The maximum atomic E-state index is 11.9. The van der Waals surface area contributed by atoms with Crippen LogP contribution in [0.3, 0.4) is 0 Å². The monoisotopic (exact) mass is 286 g/mol. The Bertz CT molecular complexity index is 464. The Morgan fingerprint density at radius 1 is 1.53 bits per heavy atom. The number of nitrogens with two attached hydrogens (primary N) is 1. The van der Waals surface area contributed by atoms with Gasteiger partial charge in [0.25, 0.3) is 0 Å². The van der Waals surface area contributed by atoms with Crippen molar-refractivity contribution >= 4 is 29.6 Å². The summed E-state index contributed by atoms with van der Waals surface area (Å²) in [5.74, 6) is -1.42. The molecule has 0 bridgehead atoms. The first-order valence-electron chi connectivity index (χ1n) is 5.71. The van der Waals surface area contributed by atoms with Crippen molar-refractivity contribution in [1.29, 1.82) is 0 Å². The molecule has 2 N–H and O–H groups in total. The number of esters is 2. The summed E-state index contributed by atoms with van der Waals surface area (Å²) in [6.07, 6.45) is 0.829. The van der Waals surface area contributed by atoms with Gasteiger partial charge in [-0.15, -0.1) is 11.8 Å². The molecule has 2 heterocycles. The smallest absolute Gasteiger partial charge is 0.357 e. The SMILES string of the molecule is CC(=O)OC(C)OC(=O)C1=CC(N)S[C@@H]2CC(=O)N12. The van der Waals surface area contributed by atoms with Crippen LogP contribution in [-0.4, -0.2) is 39.8 Å². The number of rotatable bonds is 3. The highest BCUT2D eigenvalue weighted by Crippen LogP contribution is 2.39. The van der Waals surface area contributed by atoms with E-state index in [2.05, 4.69) is 0 Å². The zero-order chi connectivity index (χ0) is 14.2. The molecule has 1 saturated heterocycles. The number of carbonyl (C=O) groups is 3. The van der Waals surface area contributed by atoms with Crippen LogP contribution in [0.2, 0.25) is 0 Å². The van der Waals surface area contributed by atoms with Crippen LogP contribution in [0.4, 0.5) is 0 Å². The van der Waals surface area contributed by atoms with Crippen molar-refractivity contribution in [3.63, 3.8) is 0 Å². The van der Waals surface area contributed by atoms with E-state index in [1.54, 1.807) is 0 Å². The second kappa shape index (κ2) is 5.22. The Labute approximate surface area is 114 Å². The lowest BCUT2D eigenvalue weighted by atomic mass is 10.1. The van der Waals surface area contributed by atoms with Crippen LogP contribution >= 0.6 is 11.8 Å². The maximum absolute atomic E-state index is 11.9. The highest BCUT2D eigenvalue weighted by atomic mass is 32.2. The highest BCUT2D eigenvalue weighted by Gasteiger charge is 2.45. The van der Waals surface area contributed by atoms with E-state index in [0.29, 0.717) is 6.42 Å². The van der Waals surface area contributed by atoms with E-state index in [-0.39, 0.29) is 22.4 Å². The molecule has 2 aliphatic rings. The molecule has 3 atom stereocenters. The van der Waals surface area contributed by atoms with Crippen LogP contribution in [0, 0.1) is 0 Å². The topological polar surface area (TPSA) is 98.9 Å². The molecule has 104 valence electrons. The average molecular weight is 286 g/mol. The quantitative estimate of drug-likeness (QED) is 0.440. The molecule has 1 amide bonds. The molecule has 19 heavy (non-hydrogen) atoms. The highest BCUT2D eigenvalue weighted by molar-refractivity contribution is 8.00. The molecule has 0 radical (unpaired) electrons. The molecule has 2 rings (SSSR count). The molecule has 1 fully saturated rings. The summed E-state index contributed by atoms with van der Waals surface area (Å²) in [4.78, 5) is 35.5. The van der Waals surface area contributed by atoms with Crippen LogP contribution < -0.4 is 5.73 Å². The summed E-state index contributed by atoms with van der Waals surface area (Å²) in [6.45, 7) is 2.64. The van der Waals surface area contributed by atoms with Crippen LogP contribution in [-0.2, 0) is 23.9 Å². The Balaban J connectivity index is 2.05. The van der Waals surface area contributed by atoms with E-state index in [0.717, 1.165) is 0 Å². The van der Waals surface area contributed by atoms with Crippen LogP contribution in [0.5, 0.6) is 0 Å². The summed E-state index contributed by atoms with van der Waals surface area (Å²) in [5.41, 5.74) is 5.88. The minimum absolute atomic E-state index is 0.112. The molecule has 2 aliphatic heterocycles. The molecule has 0 saturated carbocycles. The van der Waals surface area contributed by atoms with Gasteiger partial charge < -0.3 is 15.2 Å². The van der Waals surface area contributed by atoms with Gasteiger partial charge in [-0.2, -0.15) is 0 Å². The average Bonchev–Trinajstić information content (AvgIpc) is 2.25. The number of thioether (sulfide) groups is 1. The van der Waals surface area contributed by atoms with Gasteiger partial charge >= 0.3 is 11.9 Å². The van der Waals surface area contributed by atoms with Gasteiger partial charge in [0.2, 0.25) is 12.2 Å². The Morgan fingerprint density at radius 3 is 2.79 bits per heavy atom. The van der Waals surface area contributed by atoms with E-state index in [4.69, 9.17) is 15.2 Å². The minimum Gasteiger partial charge on any atom is -0.426 e. The number of fused-ring (bicyclic) bond motifs is 1. The largest absolute Gasteiger partial charge is 0.426 e. The van der Waals surface area contributed by atoms with Crippen molar-refractivity contribution in [2.45, 2.75) is 37.3 Å². The molecule has 8 heteroatoms. The Hall–Kier alpha value is -1.54. The first-order chi connectivity index (χ1) is 8.88. The predicted octanol–water partition coefficient (Wildman–Crippen LogP) is -0.0874. The number of ether oxygens (including phenoxy) is 2. The third kappa shape index (κ3) is 2.90. The van der Waals surface area contributed by atoms with E-state index in [1.165, 1.54) is 36.6 Å². The lowest BCUT2D eigenvalue weighted by Crippen LogP contribution is -2.55. The van der Waals surface area contributed by atoms with Gasteiger partial charge in [0.1, 0.15) is 5.70 Å². The molecule has 0 aromatic carbocycles. The van der Waals surface area contributed by atoms with Crippen molar-refractivity contribution in [3.05, 3.63) is 11.8 Å². The summed E-state index contributed by atoms with van der Waals surface area (Å²) >= 11 is 1.40. The third-order valence-corrected chi connectivity index (χ3v) is 3.76. The van der Waals surface area contributed by atoms with Crippen molar-refractivity contribution in [3.8, 4) is 0 Å². The van der Waals surface area contributed by atoms with Crippen molar-refractivity contribution in [1.82, 2.24) is 4.90 Å². The van der Waals surface area contributed by atoms with Gasteiger partial charge in [-0.1, -0.05) is 0 Å². The molecular formula is C11H14N2O5S. The standard InChI is InChI=1S/C11H14N2O5S/c1-5(14)17-6(2)18-11(16)7-3-8(12)19-10-4-9(15)13(7)10/h3,6,8,10H,4,12H2,1-2H3/t6?,8?,10-/m1/s1. The van der Waals surface area contributed by atoms with Crippen molar-refractivity contribution in [2.24, 2.45) is 5.73 Å². The van der Waals surface area contributed by atoms with Crippen LogP contribution in [0.1, 0.15) is 20.3 Å². The van der Waals surface area contributed by atoms with Crippen molar-refractivity contribution in [2.75, 3.05) is 0 Å².